The van der Waals surface area contributed by atoms with Crippen LogP contribution in [0.5, 0.6) is 0 Å². The predicted molar refractivity (Wildman–Crippen MR) is 69.0 cm³/mol. The predicted octanol–water partition coefficient (Wildman–Crippen LogP) is 2.28. The molecule has 0 aromatic carbocycles. The van der Waals surface area contributed by atoms with Crippen LogP contribution in [0, 0.1) is 17.3 Å². The van der Waals surface area contributed by atoms with Gasteiger partial charge in [0.15, 0.2) is 11.6 Å². The van der Waals surface area contributed by atoms with Crippen LogP contribution in [-0.2, 0) is 9.59 Å². The fourth-order valence-corrected chi connectivity index (χ4v) is 3.79. The number of rotatable bonds is 1. The second kappa shape index (κ2) is 4.02. The highest BCUT2D eigenvalue weighted by Gasteiger charge is 2.64. The lowest BCUT2D eigenvalue weighted by Gasteiger charge is -2.47. The summed E-state index contributed by atoms with van der Waals surface area (Å²) in [7, 11) is 0. The number of ketones is 2. The normalized spacial score (nSPS) is 40.8. The van der Waals surface area contributed by atoms with Crippen LogP contribution in [0.3, 0.4) is 0 Å². The summed E-state index contributed by atoms with van der Waals surface area (Å²) in [5, 5.41) is 11.0. The SMILES string of the molecule is CC1=CC[C@]2(CC1=O)[C@@H](C)CC(=O)[C@@]2(O)C(C)C. The van der Waals surface area contributed by atoms with Gasteiger partial charge in [-0.3, -0.25) is 9.59 Å². The van der Waals surface area contributed by atoms with Crippen molar-refractivity contribution < 1.29 is 14.7 Å². The summed E-state index contributed by atoms with van der Waals surface area (Å²) in [5.41, 5.74) is -1.17. The van der Waals surface area contributed by atoms with Crippen molar-refractivity contribution in [1.82, 2.24) is 0 Å². The van der Waals surface area contributed by atoms with Gasteiger partial charge in [-0.25, -0.2) is 0 Å². The Kier molecular flexibility index (Phi) is 3.01. The standard InChI is InChI=1S/C15H22O3/c1-9(2)15(18)13(17)7-11(4)14(15)6-5-10(3)12(16)8-14/h5,9,11,18H,6-8H2,1-4H3/t11-,14-,15-/m0/s1. The highest BCUT2D eigenvalue weighted by molar-refractivity contribution is 5.99. The summed E-state index contributed by atoms with van der Waals surface area (Å²) in [6, 6.07) is 0. The number of aliphatic hydroxyl groups is 1. The van der Waals surface area contributed by atoms with E-state index in [9.17, 15) is 14.7 Å². The molecule has 0 radical (unpaired) electrons. The lowest BCUT2D eigenvalue weighted by molar-refractivity contribution is -0.158. The van der Waals surface area contributed by atoms with E-state index in [4.69, 9.17) is 0 Å². The Bertz CT molecular complexity index is 435. The zero-order valence-corrected chi connectivity index (χ0v) is 11.6. The molecule has 18 heavy (non-hydrogen) atoms. The van der Waals surface area contributed by atoms with Gasteiger partial charge in [0.05, 0.1) is 0 Å². The van der Waals surface area contributed by atoms with Crippen molar-refractivity contribution in [2.24, 2.45) is 17.3 Å². The molecule has 0 unspecified atom stereocenters. The van der Waals surface area contributed by atoms with Crippen LogP contribution in [0.4, 0.5) is 0 Å². The smallest absolute Gasteiger partial charge is 0.165 e. The highest BCUT2D eigenvalue weighted by atomic mass is 16.3. The van der Waals surface area contributed by atoms with Crippen molar-refractivity contribution >= 4 is 11.6 Å². The molecule has 2 rings (SSSR count). The number of Topliss-reactive ketones (excluding diaryl/α,β-unsaturated/α-hetero) is 2. The van der Waals surface area contributed by atoms with Crippen molar-refractivity contribution in [1.29, 1.82) is 0 Å². The van der Waals surface area contributed by atoms with E-state index >= 15 is 0 Å². The minimum atomic E-state index is -1.35. The maximum atomic E-state index is 12.2. The van der Waals surface area contributed by atoms with Crippen molar-refractivity contribution in [3.63, 3.8) is 0 Å². The quantitative estimate of drug-likeness (QED) is 0.776. The van der Waals surface area contributed by atoms with Crippen molar-refractivity contribution in [2.45, 2.75) is 52.6 Å². The van der Waals surface area contributed by atoms with Crippen molar-refractivity contribution in [3.8, 4) is 0 Å². The van der Waals surface area contributed by atoms with Crippen LogP contribution in [0.15, 0.2) is 11.6 Å². The Morgan fingerprint density at radius 3 is 2.50 bits per heavy atom. The summed E-state index contributed by atoms with van der Waals surface area (Å²) in [6.45, 7) is 7.53. The van der Waals surface area contributed by atoms with Crippen molar-refractivity contribution in [2.75, 3.05) is 0 Å². The molecule has 3 heteroatoms. The van der Waals surface area contributed by atoms with Crippen LogP contribution < -0.4 is 0 Å². The molecule has 1 spiro atoms. The van der Waals surface area contributed by atoms with Crippen molar-refractivity contribution in [3.05, 3.63) is 11.6 Å². The Morgan fingerprint density at radius 1 is 1.39 bits per heavy atom. The average molecular weight is 250 g/mol. The van der Waals surface area contributed by atoms with E-state index in [-0.39, 0.29) is 23.4 Å². The number of carbonyl (C=O) groups is 2. The number of allylic oxidation sites excluding steroid dienone is 2. The Balaban J connectivity index is 2.53. The van der Waals surface area contributed by atoms with E-state index < -0.39 is 11.0 Å². The summed E-state index contributed by atoms with van der Waals surface area (Å²) in [4.78, 5) is 24.3. The number of carbonyl (C=O) groups excluding carboxylic acids is 2. The summed E-state index contributed by atoms with van der Waals surface area (Å²) in [6.07, 6.45) is 3.21. The Hall–Kier alpha value is -0.960. The third-order valence-corrected chi connectivity index (χ3v) is 5.14. The average Bonchev–Trinajstić information content (AvgIpc) is 2.47. The van der Waals surface area contributed by atoms with Crippen LogP contribution >= 0.6 is 0 Å². The molecule has 0 aromatic heterocycles. The maximum absolute atomic E-state index is 12.2. The minimum Gasteiger partial charge on any atom is -0.381 e. The lowest BCUT2D eigenvalue weighted by atomic mass is 9.58. The molecule has 1 N–H and O–H groups in total. The monoisotopic (exact) mass is 250 g/mol. The molecular weight excluding hydrogens is 228 g/mol. The zero-order chi connectivity index (χ0) is 13.7. The first kappa shape index (κ1) is 13.5. The molecule has 3 atom stereocenters. The van der Waals surface area contributed by atoms with Crippen LogP contribution in [-0.4, -0.2) is 22.3 Å². The van der Waals surface area contributed by atoms with Gasteiger partial charge in [0, 0.05) is 18.3 Å². The third kappa shape index (κ3) is 1.46. The Morgan fingerprint density at radius 2 is 2.00 bits per heavy atom. The van der Waals surface area contributed by atoms with E-state index in [1.54, 1.807) is 0 Å². The summed E-state index contributed by atoms with van der Waals surface area (Å²) < 4.78 is 0. The van der Waals surface area contributed by atoms with Gasteiger partial charge in [-0.15, -0.1) is 0 Å². The molecule has 0 heterocycles. The first-order valence-corrected chi connectivity index (χ1v) is 6.71. The van der Waals surface area contributed by atoms with Gasteiger partial charge in [0.2, 0.25) is 0 Å². The minimum absolute atomic E-state index is 0.0608. The molecule has 100 valence electrons. The van der Waals surface area contributed by atoms with Gasteiger partial charge in [-0.1, -0.05) is 26.8 Å². The number of hydrogen-bond acceptors (Lipinski definition) is 3. The largest absolute Gasteiger partial charge is 0.381 e. The summed E-state index contributed by atoms with van der Waals surface area (Å²) in [5.74, 6) is -0.118. The van der Waals surface area contributed by atoms with E-state index in [1.807, 2.05) is 33.8 Å². The molecule has 0 aliphatic heterocycles. The van der Waals surface area contributed by atoms with Gasteiger partial charge in [0.1, 0.15) is 5.60 Å². The van der Waals surface area contributed by atoms with E-state index in [0.29, 0.717) is 19.3 Å². The molecule has 2 aliphatic rings. The van der Waals surface area contributed by atoms with Crippen LogP contribution in [0.2, 0.25) is 0 Å². The maximum Gasteiger partial charge on any atom is 0.165 e. The topological polar surface area (TPSA) is 54.4 Å². The number of hydrogen-bond donors (Lipinski definition) is 1. The second-order valence-electron chi connectivity index (χ2n) is 6.30. The second-order valence-corrected chi connectivity index (χ2v) is 6.30. The molecule has 2 aliphatic carbocycles. The fraction of sp³-hybridized carbons (Fsp3) is 0.733. The summed E-state index contributed by atoms with van der Waals surface area (Å²) >= 11 is 0. The molecule has 3 nitrogen and oxygen atoms in total. The molecule has 0 aromatic rings. The lowest BCUT2D eigenvalue weighted by Crippen LogP contribution is -2.55. The van der Waals surface area contributed by atoms with Gasteiger partial charge >= 0.3 is 0 Å². The molecule has 1 saturated carbocycles. The fourth-order valence-electron chi connectivity index (χ4n) is 3.79. The third-order valence-electron chi connectivity index (χ3n) is 5.14. The Labute approximate surface area is 108 Å². The first-order valence-electron chi connectivity index (χ1n) is 6.71. The molecule has 1 fully saturated rings. The molecular formula is C15H22O3. The van der Waals surface area contributed by atoms with Crippen LogP contribution in [0.25, 0.3) is 0 Å². The van der Waals surface area contributed by atoms with E-state index in [1.165, 1.54) is 0 Å². The van der Waals surface area contributed by atoms with Gasteiger partial charge in [-0.05, 0) is 30.8 Å². The van der Waals surface area contributed by atoms with E-state index in [0.717, 1.165) is 5.57 Å². The van der Waals surface area contributed by atoms with Gasteiger partial charge in [0.25, 0.3) is 0 Å². The molecule has 0 bridgehead atoms. The van der Waals surface area contributed by atoms with Gasteiger partial charge < -0.3 is 5.11 Å². The zero-order valence-electron chi connectivity index (χ0n) is 11.6. The molecule has 0 saturated heterocycles. The van der Waals surface area contributed by atoms with Crippen LogP contribution in [0.1, 0.15) is 47.0 Å². The van der Waals surface area contributed by atoms with E-state index in [2.05, 4.69) is 0 Å². The molecule has 0 amide bonds. The highest BCUT2D eigenvalue weighted by Crippen LogP contribution is 2.57. The van der Waals surface area contributed by atoms with Gasteiger partial charge in [-0.2, -0.15) is 0 Å². The first-order chi connectivity index (χ1) is 8.25.